The summed E-state index contributed by atoms with van der Waals surface area (Å²) in [6.45, 7) is 1.98. The maximum absolute atomic E-state index is 10.9. The molecule has 2 heterocycles. The molecular weight excluding hydrogens is 260 g/mol. The first-order valence-electron chi connectivity index (χ1n) is 5.69. The highest BCUT2D eigenvalue weighted by molar-refractivity contribution is 7.21. The van der Waals surface area contributed by atoms with E-state index < -0.39 is 5.97 Å². The Labute approximate surface area is 113 Å². The summed E-state index contributed by atoms with van der Waals surface area (Å²) in [5.74, 6) is -0.922. The van der Waals surface area contributed by atoms with E-state index in [1.807, 2.05) is 13.0 Å². The van der Waals surface area contributed by atoms with Crippen LogP contribution in [0, 0.1) is 6.92 Å². The van der Waals surface area contributed by atoms with E-state index in [-0.39, 0.29) is 5.56 Å². The van der Waals surface area contributed by atoms with Gasteiger partial charge < -0.3 is 5.11 Å². The van der Waals surface area contributed by atoms with Gasteiger partial charge in [-0.2, -0.15) is 0 Å². The molecule has 0 aliphatic heterocycles. The molecule has 0 saturated carbocycles. The maximum Gasteiger partial charge on any atom is 0.335 e. The number of rotatable bonds is 2. The molecule has 1 N–H and O–H groups in total. The van der Waals surface area contributed by atoms with Crippen molar-refractivity contribution in [1.29, 1.82) is 0 Å². The summed E-state index contributed by atoms with van der Waals surface area (Å²) in [4.78, 5) is 19.6. The lowest BCUT2D eigenvalue weighted by atomic mass is 10.2. The zero-order valence-corrected chi connectivity index (χ0v) is 10.9. The quantitative estimate of drug-likeness (QED) is 0.775. The third-order valence-corrected chi connectivity index (χ3v) is 3.82. The highest BCUT2D eigenvalue weighted by Crippen LogP contribution is 2.30. The van der Waals surface area contributed by atoms with Crippen LogP contribution in [-0.2, 0) is 0 Å². The molecule has 0 unspecified atom stereocenters. The molecule has 5 heteroatoms. The van der Waals surface area contributed by atoms with Crippen LogP contribution in [0.15, 0.2) is 36.7 Å². The van der Waals surface area contributed by atoms with Crippen LogP contribution in [0.25, 0.3) is 20.8 Å². The topological polar surface area (TPSA) is 63.1 Å². The van der Waals surface area contributed by atoms with Gasteiger partial charge in [0.2, 0.25) is 0 Å². The number of hydrogen-bond acceptors (Lipinski definition) is 4. The Kier molecular flexibility index (Phi) is 2.76. The van der Waals surface area contributed by atoms with E-state index in [4.69, 9.17) is 5.11 Å². The lowest BCUT2D eigenvalue weighted by Gasteiger charge is -1.95. The standard InChI is InChI=1S/C14H10N2O2S/c1-8-4-10(7-15-6-8)13-16-11-3-2-9(14(17)18)5-12(11)19-13/h2-7H,1H3,(H,17,18). The van der Waals surface area contributed by atoms with Crippen LogP contribution in [0.1, 0.15) is 15.9 Å². The molecular formula is C14H10N2O2S. The van der Waals surface area contributed by atoms with Crippen LogP contribution in [0.5, 0.6) is 0 Å². The number of thiazole rings is 1. The molecule has 0 aliphatic rings. The second-order valence-electron chi connectivity index (χ2n) is 4.26. The predicted molar refractivity (Wildman–Crippen MR) is 74.5 cm³/mol. The number of benzene rings is 1. The Hall–Kier alpha value is -2.27. The van der Waals surface area contributed by atoms with Gasteiger partial charge in [0.15, 0.2) is 0 Å². The average molecular weight is 270 g/mol. The minimum Gasteiger partial charge on any atom is -0.478 e. The van der Waals surface area contributed by atoms with Gasteiger partial charge in [-0.15, -0.1) is 11.3 Å². The molecule has 19 heavy (non-hydrogen) atoms. The van der Waals surface area contributed by atoms with E-state index in [1.165, 1.54) is 11.3 Å². The molecule has 3 aromatic rings. The fourth-order valence-electron chi connectivity index (χ4n) is 1.85. The fraction of sp³-hybridized carbons (Fsp3) is 0.0714. The van der Waals surface area contributed by atoms with Gasteiger partial charge in [0, 0.05) is 18.0 Å². The molecule has 1 aromatic carbocycles. The van der Waals surface area contributed by atoms with Crippen molar-refractivity contribution in [2.75, 3.05) is 0 Å². The largest absolute Gasteiger partial charge is 0.478 e. The number of carbonyl (C=O) groups is 1. The van der Waals surface area contributed by atoms with Gasteiger partial charge in [-0.1, -0.05) is 0 Å². The van der Waals surface area contributed by atoms with Crippen molar-refractivity contribution < 1.29 is 9.90 Å². The SMILES string of the molecule is Cc1cncc(-c2nc3ccc(C(=O)O)cc3s2)c1. The normalized spacial score (nSPS) is 10.8. The summed E-state index contributed by atoms with van der Waals surface area (Å²) in [6, 6.07) is 6.98. The third kappa shape index (κ3) is 2.20. The van der Waals surface area contributed by atoms with Crippen molar-refractivity contribution >= 4 is 27.5 Å². The summed E-state index contributed by atoms with van der Waals surface area (Å²) < 4.78 is 0.872. The smallest absolute Gasteiger partial charge is 0.335 e. The third-order valence-electron chi connectivity index (χ3n) is 2.76. The molecule has 0 spiro atoms. The van der Waals surface area contributed by atoms with Crippen LogP contribution in [-0.4, -0.2) is 21.0 Å². The average Bonchev–Trinajstić information content (AvgIpc) is 2.81. The molecule has 94 valence electrons. The second-order valence-corrected chi connectivity index (χ2v) is 5.29. The summed E-state index contributed by atoms with van der Waals surface area (Å²) in [6.07, 6.45) is 3.56. The van der Waals surface area contributed by atoms with E-state index in [0.717, 1.165) is 26.4 Å². The highest BCUT2D eigenvalue weighted by atomic mass is 32.1. The summed E-state index contributed by atoms with van der Waals surface area (Å²) in [5.41, 5.74) is 3.12. The Morgan fingerprint density at radius 1 is 1.26 bits per heavy atom. The molecule has 0 amide bonds. The monoisotopic (exact) mass is 270 g/mol. The molecule has 2 aromatic heterocycles. The number of carboxylic acid groups (broad SMARTS) is 1. The van der Waals surface area contributed by atoms with Crippen molar-refractivity contribution in [2.24, 2.45) is 0 Å². The number of aryl methyl sites for hydroxylation is 1. The fourth-order valence-corrected chi connectivity index (χ4v) is 2.84. The van der Waals surface area contributed by atoms with Crippen molar-refractivity contribution in [2.45, 2.75) is 6.92 Å². The van der Waals surface area contributed by atoms with E-state index in [2.05, 4.69) is 9.97 Å². The molecule has 0 atom stereocenters. The number of aromatic carboxylic acids is 1. The van der Waals surface area contributed by atoms with Gasteiger partial charge >= 0.3 is 5.97 Å². The molecule has 0 radical (unpaired) electrons. The summed E-state index contributed by atoms with van der Waals surface area (Å²) >= 11 is 1.48. The molecule has 0 saturated heterocycles. The first-order chi connectivity index (χ1) is 9.13. The number of pyridine rings is 1. The Balaban J connectivity index is 2.14. The van der Waals surface area contributed by atoms with Gasteiger partial charge in [-0.3, -0.25) is 4.98 Å². The lowest BCUT2D eigenvalue weighted by molar-refractivity contribution is 0.0697. The Morgan fingerprint density at radius 2 is 2.11 bits per heavy atom. The van der Waals surface area contributed by atoms with E-state index in [0.29, 0.717) is 0 Å². The predicted octanol–water partition coefficient (Wildman–Crippen LogP) is 3.36. The number of aromatic nitrogens is 2. The summed E-state index contributed by atoms with van der Waals surface area (Å²) in [7, 11) is 0. The number of hydrogen-bond donors (Lipinski definition) is 1. The van der Waals surface area contributed by atoms with Gasteiger partial charge in [-0.25, -0.2) is 9.78 Å². The van der Waals surface area contributed by atoms with Gasteiger partial charge in [0.05, 0.1) is 15.8 Å². The minimum atomic E-state index is -0.922. The van der Waals surface area contributed by atoms with E-state index in [1.54, 1.807) is 30.6 Å². The van der Waals surface area contributed by atoms with Crippen molar-refractivity contribution in [3.63, 3.8) is 0 Å². The zero-order valence-electron chi connectivity index (χ0n) is 10.1. The van der Waals surface area contributed by atoms with Gasteiger partial charge in [0.25, 0.3) is 0 Å². The lowest BCUT2D eigenvalue weighted by Crippen LogP contribution is -1.94. The van der Waals surface area contributed by atoms with Crippen molar-refractivity contribution in [3.8, 4) is 10.6 Å². The number of carboxylic acids is 1. The van der Waals surface area contributed by atoms with Crippen LogP contribution < -0.4 is 0 Å². The molecule has 4 nitrogen and oxygen atoms in total. The highest BCUT2D eigenvalue weighted by Gasteiger charge is 2.09. The maximum atomic E-state index is 10.9. The molecule has 0 fully saturated rings. The van der Waals surface area contributed by atoms with Crippen molar-refractivity contribution in [1.82, 2.24) is 9.97 Å². The Bertz CT molecular complexity index is 780. The number of fused-ring (bicyclic) bond motifs is 1. The minimum absolute atomic E-state index is 0.282. The van der Waals surface area contributed by atoms with Crippen molar-refractivity contribution in [3.05, 3.63) is 47.8 Å². The zero-order chi connectivity index (χ0) is 13.4. The van der Waals surface area contributed by atoms with Crippen LogP contribution >= 0.6 is 11.3 Å². The van der Waals surface area contributed by atoms with Gasteiger partial charge in [0.1, 0.15) is 5.01 Å². The number of nitrogens with zero attached hydrogens (tertiary/aromatic N) is 2. The first-order valence-corrected chi connectivity index (χ1v) is 6.51. The summed E-state index contributed by atoms with van der Waals surface area (Å²) in [5, 5.41) is 9.83. The van der Waals surface area contributed by atoms with Crippen LogP contribution in [0.3, 0.4) is 0 Å². The van der Waals surface area contributed by atoms with E-state index in [9.17, 15) is 4.79 Å². The second kappa shape index (κ2) is 4.44. The molecule has 0 aliphatic carbocycles. The van der Waals surface area contributed by atoms with Gasteiger partial charge in [-0.05, 0) is 36.8 Å². The Morgan fingerprint density at radius 3 is 2.84 bits per heavy atom. The van der Waals surface area contributed by atoms with E-state index >= 15 is 0 Å². The molecule has 0 bridgehead atoms. The molecule has 3 rings (SSSR count). The van der Waals surface area contributed by atoms with Crippen LogP contribution in [0.2, 0.25) is 0 Å². The van der Waals surface area contributed by atoms with Crippen LogP contribution in [0.4, 0.5) is 0 Å². The first kappa shape index (κ1) is 11.8.